The predicted molar refractivity (Wildman–Crippen MR) is 63.0 cm³/mol. The molecule has 0 aromatic heterocycles. The molecule has 23 heavy (non-hydrogen) atoms. The fourth-order valence-corrected chi connectivity index (χ4v) is 1.52. The standard InChI is InChI=1S/C12H5ClF8O2/c13-6-2-1-5(3-7(6)14)8(22)4-9(23)10(15,11(16,17)18)12(19,20)21/h1-4,22H/b8-4-. The van der Waals surface area contributed by atoms with Crippen LogP contribution in [0.3, 0.4) is 0 Å². The quantitative estimate of drug-likeness (QED) is 0.473. The Labute approximate surface area is 128 Å². The lowest BCUT2D eigenvalue weighted by Gasteiger charge is -2.27. The van der Waals surface area contributed by atoms with Gasteiger partial charge in [0.1, 0.15) is 11.6 Å². The van der Waals surface area contributed by atoms with Gasteiger partial charge in [0.05, 0.1) is 5.02 Å². The molecule has 1 rings (SSSR count). The average Bonchev–Trinajstić information content (AvgIpc) is 2.37. The maximum Gasteiger partial charge on any atom is 0.439 e. The summed E-state index contributed by atoms with van der Waals surface area (Å²) in [6.45, 7) is 0. The van der Waals surface area contributed by atoms with Crippen molar-refractivity contribution in [3.63, 3.8) is 0 Å². The van der Waals surface area contributed by atoms with Crippen molar-refractivity contribution < 1.29 is 45.0 Å². The van der Waals surface area contributed by atoms with Crippen LogP contribution < -0.4 is 0 Å². The van der Waals surface area contributed by atoms with Gasteiger partial charge >= 0.3 is 18.0 Å². The van der Waals surface area contributed by atoms with Gasteiger partial charge in [0.25, 0.3) is 0 Å². The summed E-state index contributed by atoms with van der Waals surface area (Å²) in [7, 11) is 0. The molecule has 128 valence electrons. The molecule has 0 bridgehead atoms. The monoisotopic (exact) mass is 368 g/mol. The highest BCUT2D eigenvalue weighted by Gasteiger charge is 2.76. The van der Waals surface area contributed by atoms with Crippen LogP contribution in [0, 0.1) is 5.82 Å². The lowest BCUT2D eigenvalue weighted by Crippen LogP contribution is -2.58. The maximum absolute atomic E-state index is 13.4. The molecule has 2 nitrogen and oxygen atoms in total. The minimum Gasteiger partial charge on any atom is -0.507 e. The number of allylic oxidation sites excluding steroid dienone is 1. The van der Waals surface area contributed by atoms with Crippen molar-refractivity contribution in [2.75, 3.05) is 0 Å². The average molecular weight is 369 g/mol. The third kappa shape index (κ3) is 3.57. The van der Waals surface area contributed by atoms with Crippen LogP contribution in [0.1, 0.15) is 5.56 Å². The number of carbonyl (C=O) groups excluding carboxylic acids is 1. The van der Waals surface area contributed by atoms with Crippen LogP contribution in [0.25, 0.3) is 5.76 Å². The molecular formula is C12H5ClF8O2. The number of hydrogen-bond acceptors (Lipinski definition) is 2. The number of benzene rings is 1. The highest BCUT2D eigenvalue weighted by molar-refractivity contribution is 6.30. The molecule has 0 heterocycles. The topological polar surface area (TPSA) is 37.3 Å². The number of rotatable bonds is 3. The third-order valence-corrected chi connectivity index (χ3v) is 2.91. The van der Waals surface area contributed by atoms with E-state index in [0.29, 0.717) is 6.07 Å². The Morgan fingerprint density at radius 2 is 1.52 bits per heavy atom. The van der Waals surface area contributed by atoms with Crippen LogP contribution in [0.5, 0.6) is 0 Å². The summed E-state index contributed by atoms with van der Waals surface area (Å²) in [6.07, 6.45) is -13.8. The van der Waals surface area contributed by atoms with Crippen molar-refractivity contribution in [1.82, 2.24) is 0 Å². The number of ketones is 1. The predicted octanol–water partition coefficient (Wildman–Crippen LogP) is 4.78. The van der Waals surface area contributed by atoms with E-state index in [-0.39, 0.29) is 0 Å². The van der Waals surface area contributed by atoms with Crippen molar-refractivity contribution in [3.8, 4) is 0 Å². The van der Waals surface area contributed by atoms with E-state index < -0.39 is 52.0 Å². The minimum atomic E-state index is -6.61. The molecule has 1 aromatic carbocycles. The zero-order valence-corrected chi connectivity index (χ0v) is 11.3. The number of hydrogen-bond donors (Lipinski definition) is 1. The molecule has 0 aliphatic carbocycles. The van der Waals surface area contributed by atoms with Crippen molar-refractivity contribution in [1.29, 1.82) is 0 Å². The first-order chi connectivity index (χ1) is 10.2. The number of alkyl halides is 7. The van der Waals surface area contributed by atoms with E-state index in [2.05, 4.69) is 0 Å². The van der Waals surface area contributed by atoms with E-state index in [4.69, 9.17) is 11.6 Å². The summed E-state index contributed by atoms with van der Waals surface area (Å²) in [4.78, 5) is 11.1. The van der Waals surface area contributed by atoms with E-state index in [1.54, 1.807) is 0 Å². The lowest BCUT2D eigenvalue weighted by molar-refractivity contribution is -0.323. The van der Waals surface area contributed by atoms with Crippen LogP contribution in [0.4, 0.5) is 35.1 Å². The Bertz CT molecular complexity index is 633. The van der Waals surface area contributed by atoms with E-state index >= 15 is 0 Å². The molecule has 0 saturated heterocycles. The first-order valence-electron chi connectivity index (χ1n) is 5.44. The van der Waals surface area contributed by atoms with E-state index in [9.17, 15) is 45.0 Å². The van der Waals surface area contributed by atoms with E-state index in [1.807, 2.05) is 0 Å². The number of halogens is 9. The van der Waals surface area contributed by atoms with Gasteiger partial charge in [-0.2, -0.15) is 26.3 Å². The molecule has 0 fully saturated rings. The molecule has 0 atom stereocenters. The van der Waals surface area contributed by atoms with Gasteiger partial charge in [-0.15, -0.1) is 0 Å². The molecule has 0 amide bonds. The fourth-order valence-electron chi connectivity index (χ4n) is 1.40. The molecule has 0 aliphatic heterocycles. The zero-order valence-electron chi connectivity index (χ0n) is 10.6. The summed E-state index contributed by atoms with van der Waals surface area (Å²) < 4.78 is 100. The summed E-state index contributed by atoms with van der Waals surface area (Å²) in [5.74, 6) is -5.78. The van der Waals surface area contributed by atoms with Gasteiger partial charge in [-0.05, 0) is 18.2 Å². The van der Waals surface area contributed by atoms with Gasteiger partial charge in [0.15, 0.2) is 0 Å². The van der Waals surface area contributed by atoms with E-state index in [0.717, 1.165) is 12.1 Å². The van der Waals surface area contributed by atoms with Gasteiger partial charge in [-0.3, -0.25) is 4.79 Å². The molecule has 1 aromatic rings. The molecule has 0 aliphatic rings. The van der Waals surface area contributed by atoms with Crippen LogP contribution in [0.15, 0.2) is 24.3 Å². The van der Waals surface area contributed by atoms with Crippen molar-refractivity contribution in [2.24, 2.45) is 0 Å². The molecule has 0 saturated carbocycles. The van der Waals surface area contributed by atoms with Gasteiger partial charge in [0, 0.05) is 11.6 Å². The van der Waals surface area contributed by atoms with Gasteiger partial charge in [-0.25, -0.2) is 8.78 Å². The summed E-state index contributed by atoms with van der Waals surface area (Å²) in [5, 5.41) is 8.87. The van der Waals surface area contributed by atoms with Crippen LogP contribution >= 0.6 is 11.6 Å². The van der Waals surface area contributed by atoms with Crippen LogP contribution in [-0.4, -0.2) is 28.9 Å². The van der Waals surface area contributed by atoms with Crippen LogP contribution in [-0.2, 0) is 4.79 Å². The normalized spacial score (nSPS) is 14.0. The Kier molecular flexibility index (Phi) is 5.00. The Morgan fingerprint density at radius 1 is 1.04 bits per heavy atom. The first-order valence-corrected chi connectivity index (χ1v) is 5.82. The molecule has 1 N–H and O–H groups in total. The second kappa shape index (κ2) is 5.99. The molecular weight excluding hydrogens is 364 g/mol. The van der Waals surface area contributed by atoms with E-state index in [1.165, 1.54) is 0 Å². The SMILES string of the molecule is O=C(/C=C(\O)c1ccc(Cl)c(F)c1)C(F)(C(F)(F)F)C(F)(F)F. The Balaban J connectivity index is 3.33. The largest absolute Gasteiger partial charge is 0.507 e. The fraction of sp³-hybridized carbons (Fsp3) is 0.250. The summed E-state index contributed by atoms with van der Waals surface area (Å²) in [6, 6.07) is 2.05. The Morgan fingerprint density at radius 3 is 1.91 bits per heavy atom. The van der Waals surface area contributed by atoms with Crippen LogP contribution in [0.2, 0.25) is 5.02 Å². The second-order valence-electron chi connectivity index (χ2n) is 4.18. The third-order valence-electron chi connectivity index (χ3n) is 2.60. The minimum absolute atomic E-state index is 0.433. The van der Waals surface area contributed by atoms with Crippen molar-refractivity contribution in [3.05, 3.63) is 40.7 Å². The Hall–Kier alpha value is -1.84. The lowest BCUT2D eigenvalue weighted by atomic mass is 9.97. The highest BCUT2D eigenvalue weighted by Crippen LogP contribution is 2.47. The zero-order chi connectivity index (χ0) is 18.2. The van der Waals surface area contributed by atoms with Crippen molar-refractivity contribution in [2.45, 2.75) is 18.0 Å². The number of aliphatic hydroxyl groups is 1. The molecule has 0 spiro atoms. The highest BCUT2D eigenvalue weighted by atomic mass is 35.5. The summed E-state index contributed by atoms with van der Waals surface area (Å²) in [5.41, 5.74) is -6.88. The molecule has 0 unspecified atom stereocenters. The summed E-state index contributed by atoms with van der Waals surface area (Å²) >= 11 is 5.28. The van der Waals surface area contributed by atoms with Gasteiger partial charge < -0.3 is 5.11 Å². The number of carbonyl (C=O) groups is 1. The van der Waals surface area contributed by atoms with Gasteiger partial charge in [-0.1, -0.05) is 11.6 Å². The maximum atomic E-state index is 13.4. The smallest absolute Gasteiger partial charge is 0.439 e. The molecule has 0 radical (unpaired) electrons. The van der Waals surface area contributed by atoms with Crippen molar-refractivity contribution >= 4 is 23.1 Å². The first kappa shape index (κ1) is 19.2. The second-order valence-corrected chi connectivity index (χ2v) is 4.58. The molecule has 11 heteroatoms. The van der Waals surface area contributed by atoms with Gasteiger partial charge in [0.2, 0.25) is 5.78 Å². The number of aliphatic hydroxyl groups excluding tert-OH is 1.